The van der Waals surface area contributed by atoms with Gasteiger partial charge in [0.15, 0.2) is 0 Å². The molecule has 162 valence electrons. The quantitative estimate of drug-likeness (QED) is 0.557. The fraction of sp³-hybridized carbons (Fsp3) is 0.292. The second kappa shape index (κ2) is 9.93. The summed E-state index contributed by atoms with van der Waals surface area (Å²) in [6.07, 6.45) is 0.755. The van der Waals surface area contributed by atoms with Gasteiger partial charge in [0.05, 0.1) is 13.7 Å². The highest BCUT2D eigenvalue weighted by Gasteiger charge is 2.21. The summed E-state index contributed by atoms with van der Waals surface area (Å²) < 4.78 is 6.58. The van der Waals surface area contributed by atoms with E-state index in [2.05, 4.69) is 5.10 Å². The largest absolute Gasteiger partial charge is 0.497 e. The molecule has 2 aromatic carbocycles. The predicted molar refractivity (Wildman–Crippen MR) is 123 cm³/mol. The lowest BCUT2D eigenvalue weighted by atomic mass is 10.1. The van der Waals surface area contributed by atoms with Gasteiger partial charge in [-0.25, -0.2) is 4.68 Å². The smallest absolute Gasteiger partial charge is 0.279 e. The SMILES string of the molecule is CCCn1nc(C(=O)N(Cc2ccc(N(C)C)cc2)c2ccc(OC)cc2)ccc1=O. The Kier molecular flexibility index (Phi) is 7.07. The van der Waals surface area contributed by atoms with E-state index in [1.165, 1.54) is 16.8 Å². The van der Waals surface area contributed by atoms with E-state index in [1.807, 2.05) is 74.4 Å². The molecule has 0 unspecified atom stereocenters. The number of amides is 1. The molecular formula is C24H28N4O3. The van der Waals surface area contributed by atoms with Crippen molar-refractivity contribution in [3.63, 3.8) is 0 Å². The minimum atomic E-state index is -0.272. The van der Waals surface area contributed by atoms with Crippen molar-refractivity contribution in [3.8, 4) is 5.75 Å². The Morgan fingerprint density at radius 3 is 2.19 bits per heavy atom. The van der Waals surface area contributed by atoms with Crippen LogP contribution in [0.1, 0.15) is 29.4 Å². The molecule has 0 fully saturated rings. The second-order valence-corrected chi connectivity index (χ2v) is 7.43. The van der Waals surface area contributed by atoms with E-state index in [9.17, 15) is 9.59 Å². The lowest BCUT2D eigenvalue weighted by molar-refractivity contribution is 0.0977. The Morgan fingerprint density at radius 1 is 0.968 bits per heavy atom. The number of hydrogen-bond acceptors (Lipinski definition) is 5. The van der Waals surface area contributed by atoms with Crippen LogP contribution < -0.4 is 20.1 Å². The van der Waals surface area contributed by atoms with Crippen LogP contribution >= 0.6 is 0 Å². The van der Waals surface area contributed by atoms with Crippen molar-refractivity contribution >= 4 is 17.3 Å². The highest BCUT2D eigenvalue weighted by molar-refractivity contribution is 6.04. The van der Waals surface area contributed by atoms with Crippen LogP contribution in [0.2, 0.25) is 0 Å². The number of anilines is 2. The monoisotopic (exact) mass is 420 g/mol. The maximum absolute atomic E-state index is 13.5. The first kappa shape index (κ1) is 22.1. The molecule has 0 spiro atoms. The van der Waals surface area contributed by atoms with E-state index in [0.29, 0.717) is 18.8 Å². The summed E-state index contributed by atoms with van der Waals surface area (Å²) in [5.41, 5.74) is 2.80. The molecule has 0 saturated carbocycles. The van der Waals surface area contributed by atoms with Crippen LogP contribution in [0, 0.1) is 0 Å². The molecular weight excluding hydrogens is 392 g/mol. The number of methoxy groups -OCH3 is 1. The van der Waals surface area contributed by atoms with Crippen molar-refractivity contribution in [2.75, 3.05) is 31.0 Å². The number of aromatic nitrogens is 2. The van der Waals surface area contributed by atoms with Gasteiger partial charge in [0, 0.05) is 38.1 Å². The van der Waals surface area contributed by atoms with Crippen molar-refractivity contribution in [3.05, 3.63) is 82.3 Å². The van der Waals surface area contributed by atoms with Crippen LogP contribution in [0.3, 0.4) is 0 Å². The molecule has 3 aromatic rings. The minimum absolute atomic E-state index is 0.214. The van der Waals surface area contributed by atoms with E-state index in [0.717, 1.165) is 23.4 Å². The second-order valence-electron chi connectivity index (χ2n) is 7.43. The Balaban J connectivity index is 1.97. The zero-order valence-electron chi connectivity index (χ0n) is 18.4. The lowest BCUT2D eigenvalue weighted by Gasteiger charge is -2.23. The summed E-state index contributed by atoms with van der Waals surface area (Å²) >= 11 is 0. The van der Waals surface area contributed by atoms with Gasteiger partial charge in [-0.3, -0.25) is 9.59 Å². The third-order valence-corrected chi connectivity index (χ3v) is 4.94. The van der Waals surface area contributed by atoms with Crippen molar-refractivity contribution in [2.24, 2.45) is 0 Å². The van der Waals surface area contributed by atoms with Crippen molar-refractivity contribution in [2.45, 2.75) is 26.4 Å². The van der Waals surface area contributed by atoms with Crippen LogP contribution in [0.4, 0.5) is 11.4 Å². The Labute approximate surface area is 182 Å². The molecule has 0 aliphatic heterocycles. The van der Waals surface area contributed by atoms with Gasteiger partial charge in [-0.2, -0.15) is 5.10 Å². The average Bonchev–Trinajstić information content (AvgIpc) is 2.79. The number of aryl methyl sites for hydroxylation is 1. The molecule has 0 N–H and O–H groups in total. The van der Waals surface area contributed by atoms with Crippen molar-refractivity contribution in [1.82, 2.24) is 9.78 Å². The summed E-state index contributed by atoms with van der Waals surface area (Å²) in [5.74, 6) is 0.438. The highest BCUT2D eigenvalue weighted by atomic mass is 16.5. The average molecular weight is 421 g/mol. The van der Waals surface area contributed by atoms with Gasteiger partial charge in [-0.1, -0.05) is 19.1 Å². The first-order valence-corrected chi connectivity index (χ1v) is 10.2. The first-order valence-electron chi connectivity index (χ1n) is 10.2. The summed E-state index contributed by atoms with van der Waals surface area (Å²) in [4.78, 5) is 29.2. The third kappa shape index (κ3) is 5.31. The van der Waals surface area contributed by atoms with Gasteiger partial charge >= 0.3 is 0 Å². The molecule has 1 heterocycles. The summed E-state index contributed by atoms with van der Waals surface area (Å²) in [7, 11) is 5.57. The van der Waals surface area contributed by atoms with Crippen molar-refractivity contribution < 1.29 is 9.53 Å². The Morgan fingerprint density at radius 2 is 1.61 bits per heavy atom. The van der Waals surface area contributed by atoms with Crippen LogP contribution in [0.15, 0.2) is 65.5 Å². The number of carbonyl (C=O) groups is 1. The molecule has 0 saturated heterocycles. The first-order chi connectivity index (χ1) is 14.9. The summed E-state index contributed by atoms with van der Waals surface area (Å²) in [5, 5.41) is 4.30. The van der Waals surface area contributed by atoms with Gasteiger partial charge in [0.25, 0.3) is 11.5 Å². The van der Waals surface area contributed by atoms with Crippen LogP contribution in [-0.4, -0.2) is 36.9 Å². The van der Waals surface area contributed by atoms with E-state index in [1.54, 1.807) is 12.0 Å². The van der Waals surface area contributed by atoms with E-state index in [4.69, 9.17) is 4.74 Å². The van der Waals surface area contributed by atoms with Crippen molar-refractivity contribution in [1.29, 1.82) is 0 Å². The number of carbonyl (C=O) groups excluding carboxylic acids is 1. The number of ether oxygens (including phenoxy) is 1. The third-order valence-electron chi connectivity index (χ3n) is 4.94. The Bertz CT molecular complexity index is 1070. The molecule has 1 amide bonds. The fourth-order valence-corrected chi connectivity index (χ4v) is 3.20. The minimum Gasteiger partial charge on any atom is -0.497 e. The molecule has 7 nitrogen and oxygen atoms in total. The number of benzene rings is 2. The standard InChI is InChI=1S/C24H28N4O3/c1-5-16-28-23(29)15-14-22(25-28)24(30)27(20-10-12-21(31-4)13-11-20)17-18-6-8-19(9-7-18)26(2)3/h6-15H,5,16-17H2,1-4H3. The zero-order valence-corrected chi connectivity index (χ0v) is 18.4. The maximum atomic E-state index is 13.5. The van der Waals surface area contributed by atoms with Gasteiger partial charge in [-0.15, -0.1) is 0 Å². The molecule has 0 radical (unpaired) electrons. The van der Waals surface area contributed by atoms with Gasteiger partial charge in [-0.05, 0) is 54.4 Å². The van der Waals surface area contributed by atoms with E-state index >= 15 is 0 Å². The van der Waals surface area contributed by atoms with Gasteiger partial charge in [0.1, 0.15) is 11.4 Å². The highest BCUT2D eigenvalue weighted by Crippen LogP contribution is 2.23. The van der Waals surface area contributed by atoms with E-state index in [-0.39, 0.29) is 17.2 Å². The predicted octanol–water partition coefficient (Wildman–Crippen LogP) is 3.57. The lowest BCUT2D eigenvalue weighted by Crippen LogP contribution is -2.33. The fourth-order valence-electron chi connectivity index (χ4n) is 3.20. The molecule has 0 bridgehead atoms. The van der Waals surface area contributed by atoms with Crippen LogP contribution in [-0.2, 0) is 13.1 Å². The maximum Gasteiger partial charge on any atom is 0.279 e. The normalized spacial score (nSPS) is 10.6. The number of rotatable bonds is 8. The van der Waals surface area contributed by atoms with Gasteiger partial charge < -0.3 is 14.5 Å². The van der Waals surface area contributed by atoms with Gasteiger partial charge in [0.2, 0.25) is 0 Å². The molecule has 0 aliphatic rings. The molecule has 0 aliphatic carbocycles. The molecule has 1 aromatic heterocycles. The molecule has 7 heteroatoms. The van der Waals surface area contributed by atoms with Crippen LogP contribution in [0.25, 0.3) is 0 Å². The molecule has 31 heavy (non-hydrogen) atoms. The topological polar surface area (TPSA) is 67.7 Å². The molecule has 0 atom stereocenters. The molecule has 3 rings (SSSR count). The Hall–Kier alpha value is -3.61. The summed E-state index contributed by atoms with van der Waals surface area (Å²) in [6, 6.07) is 18.2. The number of hydrogen-bond donors (Lipinski definition) is 0. The number of nitrogens with zero attached hydrogens (tertiary/aromatic N) is 4. The van der Waals surface area contributed by atoms with Crippen LogP contribution in [0.5, 0.6) is 5.75 Å². The van der Waals surface area contributed by atoms with E-state index < -0.39 is 0 Å². The summed E-state index contributed by atoms with van der Waals surface area (Å²) in [6.45, 7) is 2.80. The zero-order chi connectivity index (χ0) is 22.4.